The van der Waals surface area contributed by atoms with Gasteiger partial charge in [-0.1, -0.05) is 58.4 Å². The van der Waals surface area contributed by atoms with E-state index in [2.05, 4.69) is 21.2 Å². The van der Waals surface area contributed by atoms with Gasteiger partial charge in [-0.2, -0.15) is 4.31 Å². The molecule has 1 saturated heterocycles. The highest BCUT2D eigenvalue weighted by molar-refractivity contribution is 9.10. The van der Waals surface area contributed by atoms with E-state index in [9.17, 15) is 18.0 Å². The maximum Gasteiger partial charge on any atom is 0.312 e. The molecule has 0 aliphatic carbocycles. The summed E-state index contributed by atoms with van der Waals surface area (Å²) in [5.74, 6) is -0.180. The third-order valence-corrected chi connectivity index (χ3v) is 7.19. The molecule has 170 valence electrons. The number of urea groups is 1. The lowest BCUT2D eigenvalue weighted by atomic mass is 10.0. The summed E-state index contributed by atoms with van der Waals surface area (Å²) in [4.78, 5) is 25.9. The van der Waals surface area contributed by atoms with E-state index in [0.717, 1.165) is 15.6 Å². The highest BCUT2D eigenvalue weighted by Gasteiger charge is 2.29. The summed E-state index contributed by atoms with van der Waals surface area (Å²) >= 11 is 3.38. The summed E-state index contributed by atoms with van der Waals surface area (Å²) in [6, 6.07) is 15.2. The van der Waals surface area contributed by atoms with Crippen molar-refractivity contribution in [3.05, 3.63) is 75.6 Å². The van der Waals surface area contributed by atoms with Gasteiger partial charge in [0.05, 0.1) is 12.5 Å². The minimum atomic E-state index is -3.58. The van der Waals surface area contributed by atoms with Crippen LogP contribution in [0.15, 0.2) is 64.5 Å². The number of nitrogens with zero attached hydrogens (tertiary/aromatic N) is 2. The summed E-state index contributed by atoms with van der Waals surface area (Å²) in [6.45, 7) is 0.966. The molecule has 8 nitrogen and oxygen atoms in total. The van der Waals surface area contributed by atoms with Crippen molar-refractivity contribution in [1.82, 2.24) is 14.5 Å². The van der Waals surface area contributed by atoms with Crippen LogP contribution in [0, 0.1) is 0 Å². The van der Waals surface area contributed by atoms with Gasteiger partial charge in [0, 0.05) is 36.1 Å². The smallest absolute Gasteiger partial charge is 0.312 e. The average Bonchev–Trinajstić information content (AvgIpc) is 2.78. The number of sulfonamides is 1. The Morgan fingerprint density at radius 1 is 1.06 bits per heavy atom. The molecule has 3 amide bonds. The molecule has 0 saturated carbocycles. The van der Waals surface area contributed by atoms with Gasteiger partial charge in [-0.25, -0.2) is 13.2 Å². The number of hydrogen-bond donors (Lipinski definition) is 2. The minimum absolute atomic E-state index is 0.0278. The second-order valence-corrected chi connectivity index (χ2v) is 10.1. The molecular formula is C22H25BrN4O4S. The number of hydrogen-bond acceptors (Lipinski definition) is 4. The Morgan fingerprint density at radius 2 is 1.75 bits per heavy atom. The number of benzene rings is 2. The van der Waals surface area contributed by atoms with Gasteiger partial charge < -0.3 is 16.0 Å². The molecule has 3 rings (SSSR count). The fraction of sp³-hybridized carbons (Fsp3) is 0.273. The zero-order valence-electron chi connectivity index (χ0n) is 17.4. The first-order valence-corrected chi connectivity index (χ1v) is 12.4. The van der Waals surface area contributed by atoms with Crippen molar-refractivity contribution in [2.45, 2.75) is 12.5 Å². The van der Waals surface area contributed by atoms with E-state index in [4.69, 9.17) is 5.73 Å². The van der Waals surface area contributed by atoms with Gasteiger partial charge in [0.2, 0.25) is 15.9 Å². The molecule has 1 atom stereocenters. The summed E-state index contributed by atoms with van der Waals surface area (Å²) in [7, 11) is -3.58. The highest BCUT2D eigenvalue weighted by Crippen LogP contribution is 2.22. The molecule has 1 heterocycles. The standard InChI is InChI=1S/C22H25BrN4O4S/c23-19-8-4-7-18(15-19)20(25-22(24)29)16-21(28)26-10-12-27(13-11-26)32(30,31)14-9-17-5-2-1-3-6-17/h1-9,14-15,20H,10-13,16H2,(H3,24,25,29)/b14-9+/t20-/m0/s1. The first-order chi connectivity index (χ1) is 15.2. The molecule has 0 spiro atoms. The van der Waals surface area contributed by atoms with Crippen LogP contribution in [0.5, 0.6) is 0 Å². The van der Waals surface area contributed by atoms with Gasteiger partial charge in [0.1, 0.15) is 0 Å². The lowest BCUT2D eigenvalue weighted by Gasteiger charge is -2.34. The summed E-state index contributed by atoms with van der Waals surface area (Å²) in [5, 5.41) is 3.81. The van der Waals surface area contributed by atoms with Crippen molar-refractivity contribution in [3.63, 3.8) is 0 Å². The molecule has 1 aliphatic heterocycles. The number of nitrogens with one attached hydrogen (secondary N) is 1. The van der Waals surface area contributed by atoms with E-state index >= 15 is 0 Å². The number of halogens is 1. The molecule has 0 bridgehead atoms. The first kappa shape index (κ1) is 24.0. The number of nitrogens with two attached hydrogens (primary N) is 1. The van der Waals surface area contributed by atoms with Crippen molar-refractivity contribution in [2.75, 3.05) is 26.2 Å². The maximum absolute atomic E-state index is 12.9. The Labute approximate surface area is 196 Å². The van der Waals surface area contributed by atoms with Crippen molar-refractivity contribution in [2.24, 2.45) is 5.73 Å². The van der Waals surface area contributed by atoms with E-state index in [0.29, 0.717) is 0 Å². The Balaban J connectivity index is 1.60. The number of rotatable bonds is 7. The fourth-order valence-corrected chi connectivity index (χ4v) is 5.05. The van der Waals surface area contributed by atoms with Crippen LogP contribution < -0.4 is 11.1 Å². The molecule has 0 radical (unpaired) electrons. The van der Waals surface area contributed by atoms with Gasteiger partial charge >= 0.3 is 6.03 Å². The van der Waals surface area contributed by atoms with Crippen LogP contribution in [0.4, 0.5) is 4.79 Å². The lowest BCUT2D eigenvalue weighted by Crippen LogP contribution is -2.50. The zero-order valence-corrected chi connectivity index (χ0v) is 19.8. The van der Waals surface area contributed by atoms with Gasteiger partial charge in [-0.15, -0.1) is 0 Å². The Kier molecular flexibility index (Phi) is 8.05. The van der Waals surface area contributed by atoms with Gasteiger partial charge in [0.25, 0.3) is 0 Å². The van der Waals surface area contributed by atoms with Crippen molar-refractivity contribution in [1.29, 1.82) is 0 Å². The summed E-state index contributed by atoms with van der Waals surface area (Å²) in [5.41, 5.74) is 6.84. The second kappa shape index (κ2) is 10.8. The molecule has 2 aromatic rings. The number of piperazine rings is 1. The number of amides is 3. The lowest BCUT2D eigenvalue weighted by molar-refractivity contribution is -0.132. The molecule has 1 aliphatic rings. The normalized spacial score (nSPS) is 16.1. The SMILES string of the molecule is NC(=O)N[C@@H](CC(=O)N1CCN(S(=O)(=O)/C=C/c2ccccc2)CC1)c1cccc(Br)c1. The molecule has 32 heavy (non-hydrogen) atoms. The predicted octanol–water partition coefficient (Wildman–Crippen LogP) is 2.69. The van der Waals surface area contributed by atoms with Crippen LogP contribution in [-0.2, 0) is 14.8 Å². The quantitative estimate of drug-likeness (QED) is 0.584. The monoisotopic (exact) mass is 520 g/mol. The highest BCUT2D eigenvalue weighted by atomic mass is 79.9. The molecule has 1 fully saturated rings. The number of carbonyl (C=O) groups is 2. The third kappa shape index (κ3) is 6.65. The molecule has 0 unspecified atom stereocenters. The van der Waals surface area contributed by atoms with Crippen LogP contribution in [0.3, 0.4) is 0 Å². The fourth-order valence-electron chi connectivity index (χ4n) is 3.46. The largest absolute Gasteiger partial charge is 0.352 e. The van der Waals surface area contributed by atoms with Crippen LogP contribution >= 0.6 is 15.9 Å². The van der Waals surface area contributed by atoms with E-state index in [-0.39, 0.29) is 38.5 Å². The van der Waals surface area contributed by atoms with Gasteiger partial charge in [-0.3, -0.25) is 4.79 Å². The van der Waals surface area contributed by atoms with Crippen LogP contribution in [0.2, 0.25) is 0 Å². The summed E-state index contributed by atoms with van der Waals surface area (Å²) < 4.78 is 27.4. The molecule has 2 aromatic carbocycles. The first-order valence-electron chi connectivity index (χ1n) is 10.1. The minimum Gasteiger partial charge on any atom is -0.352 e. The van der Waals surface area contributed by atoms with Gasteiger partial charge in [0.15, 0.2) is 0 Å². The van der Waals surface area contributed by atoms with Gasteiger partial charge in [-0.05, 0) is 29.3 Å². The van der Waals surface area contributed by atoms with E-state index in [1.54, 1.807) is 11.0 Å². The number of primary amides is 1. The second-order valence-electron chi connectivity index (χ2n) is 7.36. The predicted molar refractivity (Wildman–Crippen MR) is 127 cm³/mol. The van der Waals surface area contributed by atoms with Crippen molar-refractivity contribution >= 4 is 44.0 Å². The van der Waals surface area contributed by atoms with Crippen LogP contribution in [0.1, 0.15) is 23.6 Å². The van der Waals surface area contributed by atoms with E-state index in [1.165, 1.54) is 9.71 Å². The summed E-state index contributed by atoms with van der Waals surface area (Å²) in [6.07, 6.45) is 1.59. The Morgan fingerprint density at radius 3 is 2.38 bits per heavy atom. The Hall–Kier alpha value is -2.69. The van der Waals surface area contributed by atoms with E-state index < -0.39 is 22.1 Å². The molecular weight excluding hydrogens is 496 g/mol. The topological polar surface area (TPSA) is 113 Å². The van der Waals surface area contributed by atoms with E-state index in [1.807, 2.05) is 54.6 Å². The molecule has 10 heteroatoms. The van der Waals surface area contributed by atoms with Crippen molar-refractivity contribution in [3.8, 4) is 0 Å². The molecule has 0 aromatic heterocycles. The zero-order chi connectivity index (χ0) is 23.1. The Bertz CT molecular complexity index is 1080. The maximum atomic E-state index is 12.9. The molecule has 3 N–H and O–H groups in total. The third-order valence-electron chi connectivity index (χ3n) is 5.13. The van der Waals surface area contributed by atoms with Crippen LogP contribution in [-0.4, -0.2) is 55.7 Å². The van der Waals surface area contributed by atoms with Crippen LogP contribution in [0.25, 0.3) is 6.08 Å². The number of carbonyl (C=O) groups excluding carboxylic acids is 2. The van der Waals surface area contributed by atoms with Crippen molar-refractivity contribution < 1.29 is 18.0 Å². The average molecular weight is 521 g/mol.